The summed E-state index contributed by atoms with van der Waals surface area (Å²) in [4.78, 5) is 22.4. The molecule has 1 aliphatic rings. The van der Waals surface area contributed by atoms with Crippen LogP contribution in [-0.2, 0) is 14.3 Å². The molecule has 2 N–H and O–H groups in total. The maximum atomic E-state index is 11.7. The number of carbonyl (C=O) groups is 2. The molecule has 1 fully saturated rings. The molecule has 0 radical (unpaired) electrons. The Morgan fingerprint density at radius 1 is 1.60 bits per heavy atom. The molecule has 1 amide bonds. The predicted octanol–water partition coefficient (Wildman–Crippen LogP) is 0.391. The topological polar surface area (TPSA) is 75.6 Å². The SMILES string of the molecule is CC[C@@H](NC(=O)C1CCOC1C)C(=O)O. The zero-order valence-electron chi connectivity index (χ0n) is 9.03. The molecule has 2 unspecified atom stereocenters. The van der Waals surface area contributed by atoms with Crippen molar-refractivity contribution in [2.45, 2.75) is 38.8 Å². The van der Waals surface area contributed by atoms with E-state index in [1.807, 2.05) is 6.92 Å². The summed E-state index contributed by atoms with van der Waals surface area (Å²) in [6, 6.07) is -0.787. The number of carboxylic acid groups (broad SMARTS) is 1. The van der Waals surface area contributed by atoms with E-state index < -0.39 is 12.0 Å². The Bertz CT molecular complexity index is 254. The highest BCUT2D eigenvalue weighted by Crippen LogP contribution is 2.20. The highest BCUT2D eigenvalue weighted by Gasteiger charge is 2.32. The lowest BCUT2D eigenvalue weighted by Gasteiger charge is -2.17. The quantitative estimate of drug-likeness (QED) is 0.711. The third kappa shape index (κ3) is 2.92. The second-order valence-corrected chi connectivity index (χ2v) is 3.78. The minimum atomic E-state index is -0.989. The largest absolute Gasteiger partial charge is 0.480 e. The fourth-order valence-electron chi connectivity index (χ4n) is 1.69. The Kier molecular flexibility index (Phi) is 4.08. The van der Waals surface area contributed by atoms with Gasteiger partial charge in [0.15, 0.2) is 0 Å². The highest BCUT2D eigenvalue weighted by molar-refractivity contribution is 5.85. The summed E-state index contributed by atoms with van der Waals surface area (Å²) < 4.78 is 5.25. The minimum absolute atomic E-state index is 0.115. The van der Waals surface area contributed by atoms with Gasteiger partial charge in [-0.05, 0) is 19.8 Å². The van der Waals surface area contributed by atoms with Gasteiger partial charge in [-0.1, -0.05) is 6.92 Å². The van der Waals surface area contributed by atoms with E-state index in [1.54, 1.807) is 6.92 Å². The normalized spacial score (nSPS) is 27.3. The Hall–Kier alpha value is -1.10. The summed E-state index contributed by atoms with van der Waals surface area (Å²) in [5.74, 6) is -1.41. The Labute approximate surface area is 88.8 Å². The van der Waals surface area contributed by atoms with Crippen LogP contribution < -0.4 is 5.32 Å². The fourth-order valence-corrected chi connectivity index (χ4v) is 1.69. The summed E-state index contributed by atoms with van der Waals surface area (Å²) >= 11 is 0. The number of nitrogens with one attached hydrogen (secondary N) is 1. The first-order valence-corrected chi connectivity index (χ1v) is 5.21. The highest BCUT2D eigenvalue weighted by atomic mass is 16.5. The smallest absolute Gasteiger partial charge is 0.326 e. The number of hydrogen-bond donors (Lipinski definition) is 2. The van der Waals surface area contributed by atoms with Crippen molar-refractivity contribution in [3.63, 3.8) is 0 Å². The van der Waals surface area contributed by atoms with Gasteiger partial charge in [-0.3, -0.25) is 4.79 Å². The van der Waals surface area contributed by atoms with Gasteiger partial charge in [0, 0.05) is 6.61 Å². The molecule has 0 aromatic carbocycles. The molecule has 1 aliphatic heterocycles. The molecule has 1 rings (SSSR count). The van der Waals surface area contributed by atoms with Gasteiger partial charge in [0.05, 0.1) is 12.0 Å². The maximum Gasteiger partial charge on any atom is 0.326 e. The molecule has 86 valence electrons. The van der Waals surface area contributed by atoms with Crippen LogP contribution in [0.2, 0.25) is 0 Å². The molecule has 15 heavy (non-hydrogen) atoms. The van der Waals surface area contributed by atoms with E-state index in [0.29, 0.717) is 19.4 Å². The summed E-state index contributed by atoms with van der Waals surface area (Å²) in [6.07, 6.45) is 0.947. The summed E-state index contributed by atoms with van der Waals surface area (Å²) in [6.45, 7) is 4.13. The molecule has 0 aliphatic carbocycles. The molecule has 1 saturated heterocycles. The average molecular weight is 215 g/mol. The van der Waals surface area contributed by atoms with Crippen LogP contribution in [-0.4, -0.2) is 35.7 Å². The Morgan fingerprint density at radius 2 is 2.27 bits per heavy atom. The van der Waals surface area contributed by atoms with Crippen molar-refractivity contribution in [2.24, 2.45) is 5.92 Å². The van der Waals surface area contributed by atoms with E-state index in [9.17, 15) is 9.59 Å². The Morgan fingerprint density at radius 3 is 2.67 bits per heavy atom. The van der Waals surface area contributed by atoms with Crippen LogP contribution in [0.4, 0.5) is 0 Å². The molecule has 0 bridgehead atoms. The lowest BCUT2D eigenvalue weighted by Crippen LogP contribution is -2.44. The summed E-state index contributed by atoms with van der Waals surface area (Å²) in [5.41, 5.74) is 0. The number of carbonyl (C=O) groups excluding carboxylic acids is 1. The van der Waals surface area contributed by atoms with Crippen LogP contribution in [0.1, 0.15) is 26.7 Å². The van der Waals surface area contributed by atoms with Crippen LogP contribution in [0.15, 0.2) is 0 Å². The molecule has 0 spiro atoms. The third-order valence-electron chi connectivity index (χ3n) is 2.74. The van der Waals surface area contributed by atoms with Gasteiger partial charge in [-0.25, -0.2) is 4.79 Å². The number of hydrogen-bond acceptors (Lipinski definition) is 3. The molecule has 5 heteroatoms. The van der Waals surface area contributed by atoms with Crippen molar-refractivity contribution in [1.82, 2.24) is 5.32 Å². The summed E-state index contributed by atoms with van der Waals surface area (Å²) in [5, 5.41) is 11.3. The first kappa shape index (κ1) is 12.0. The number of carboxylic acids is 1. The molecule has 0 aromatic rings. The first-order valence-electron chi connectivity index (χ1n) is 5.21. The lowest BCUT2D eigenvalue weighted by molar-refractivity contribution is -0.142. The van der Waals surface area contributed by atoms with Gasteiger partial charge < -0.3 is 15.2 Å². The molecule has 5 nitrogen and oxygen atoms in total. The van der Waals surface area contributed by atoms with E-state index in [0.717, 1.165) is 0 Å². The molecule has 0 aromatic heterocycles. The first-order chi connectivity index (χ1) is 7.06. The van der Waals surface area contributed by atoms with Gasteiger partial charge in [-0.15, -0.1) is 0 Å². The van der Waals surface area contributed by atoms with Gasteiger partial charge in [-0.2, -0.15) is 0 Å². The van der Waals surface area contributed by atoms with Crippen molar-refractivity contribution >= 4 is 11.9 Å². The average Bonchev–Trinajstić information content (AvgIpc) is 2.60. The molecular weight excluding hydrogens is 198 g/mol. The van der Waals surface area contributed by atoms with Crippen LogP contribution >= 0.6 is 0 Å². The van der Waals surface area contributed by atoms with E-state index in [4.69, 9.17) is 9.84 Å². The minimum Gasteiger partial charge on any atom is -0.480 e. The number of ether oxygens (including phenoxy) is 1. The maximum absolute atomic E-state index is 11.7. The van der Waals surface area contributed by atoms with Crippen molar-refractivity contribution in [3.05, 3.63) is 0 Å². The second-order valence-electron chi connectivity index (χ2n) is 3.78. The number of aliphatic carboxylic acids is 1. The van der Waals surface area contributed by atoms with Crippen molar-refractivity contribution in [1.29, 1.82) is 0 Å². The van der Waals surface area contributed by atoms with Crippen molar-refractivity contribution < 1.29 is 19.4 Å². The zero-order chi connectivity index (χ0) is 11.4. The van der Waals surface area contributed by atoms with Crippen LogP contribution in [0.5, 0.6) is 0 Å². The molecule has 0 saturated carbocycles. The second kappa shape index (κ2) is 5.11. The van der Waals surface area contributed by atoms with E-state index in [2.05, 4.69) is 5.32 Å². The van der Waals surface area contributed by atoms with Crippen LogP contribution in [0.25, 0.3) is 0 Å². The van der Waals surface area contributed by atoms with Crippen molar-refractivity contribution in [2.75, 3.05) is 6.61 Å². The molecule has 1 heterocycles. The van der Waals surface area contributed by atoms with Gasteiger partial charge in [0.25, 0.3) is 0 Å². The van der Waals surface area contributed by atoms with Crippen LogP contribution in [0, 0.1) is 5.92 Å². The number of amides is 1. The molecule has 3 atom stereocenters. The lowest BCUT2D eigenvalue weighted by atomic mass is 10.0. The van der Waals surface area contributed by atoms with E-state index in [-0.39, 0.29) is 17.9 Å². The van der Waals surface area contributed by atoms with Gasteiger partial charge >= 0.3 is 5.97 Å². The van der Waals surface area contributed by atoms with Gasteiger partial charge in [0.2, 0.25) is 5.91 Å². The monoisotopic (exact) mass is 215 g/mol. The van der Waals surface area contributed by atoms with Crippen LogP contribution in [0.3, 0.4) is 0 Å². The Balaban J connectivity index is 2.50. The van der Waals surface area contributed by atoms with E-state index in [1.165, 1.54) is 0 Å². The van der Waals surface area contributed by atoms with Gasteiger partial charge in [0.1, 0.15) is 6.04 Å². The summed E-state index contributed by atoms with van der Waals surface area (Å²) in [7, 11) is 0. The standard InChI is InChI=1S/C10H17NO4/c1-3-8(10(13)14)11-9(12)7-4-5-15-6(7)2/h6-8H,3-5H2,1-2H3,(H,11,12)(H,13,14)/t6?,7?,8-/m1/s1. The molecular formula is C10H17NO4. The zero-order valence-corrected chi connectivity index (χ0v) is 9.03. The third-order valence-corrected chi connectivity index (χ3v) is 2.74. The predicted molar refractivity (Wildman–Crippen MR) is 53.4 cm³/mol. The number of rotatable bonds is 4. The fraction of sp³-hybridized carbons (Fsp3) is 0.800. The van der Waals surface area contributed by atoms with Crippen molar-refractivity contribution in [3.8, 4) is 0 Å². The van der Waals surface area contributed by atoms with E-state index >= 15 is 0 Å².